The van der Waals surface area contributed by atoms with Crippen molar-refractivity contribution in [3.63, 3.8) is 0 Å². The van der Waals surface area contributed by atoms with Crippen molar-refractivity contribution in [2.24, 2.45) is 0 Å². The lowest BCUT2D eigenvalue weighted by atomic mass is 10.1. The highest BCUT2D eigenvalue weighted by Crippen LogP contribution is 2.21. The Morgan fingerprint density at radius 2 is 1.89 bits per heavy atom. The molecule has 2 rings (SSSR count). The number of aromatic nitrogens is 3. The van der Waals surface area contributed by atoms with Gasteiger partial charge in [-0.2, -0.15) is 5.10 Å². The summed E-state index contributed by atoms with van der Waals surface area (Å²) < 4.78 is 1.80. The maximum Gasteiger partial charge on any atom is 0.138 e. The van der Waals surface area contributed by atoms with E-state index in [2.05, 4.69) is 47.4 Å². The summed E-state index contributed by atoms with van der Waals surface area (Å²) in [6.45, 7) is 4.46. The first-order valence-electron chi connectivity index (χ1n) is 7.05. The van der Waals surface area contributed by atoms with Crippen LogP contribution in [0.4, 0.5) is 5.69 Å². The van der Waals surface area contributed by atoms with Gasteiger partial charge in [0.1, 0.15) is 12.7 Å². The molecule has 0 spiro atoms. The fourth-order valence-electron chi connectivity index (χ4n) is 2.33. The molecule has 102 valence electrons. The number of para-hydroxylation sites is 2. The molecule has 1 aromatic carbocycles. The zero-order valence-electron chi connectivity index (χ0n) is 11.7. The molecule has 0 bridgehead atoms. The quantitative estimate of drug-likeness (QED) is 0.824. The summed E-state index contributed by atoms with van der Waals surface area (Å²) in [7, 11) is 0. The minimum atomic E-state index is 0.527. The van der Waals surface area contributed by atoms with Crippen LogP contribution in [0.2, 0.25) is 0 Å². The van der Waals surface area contributed by atoms with E-state index in [1.165, 1.54) is 25.7 Å². The molecule has 0 aliphatic heterocycles. The van der Waals surface area contributed by atoms with Crippen molar-refractivity contribution in [3.8, 4) is 5.69 Å². The fourth-order valence-corrected chi connectivity index (χ4v) is 2.33. The number of rotatable bonds is 7. The fraction of sp³-hybridized carbons (Fsp3) is 0.467. The van der Waals surface area contributed by atoms with Crippen molar-refractivity contribution < 1.29 is 0 Å². The molecule has 19 heavy (non-hydrogen) atoms. The Kier molecular flexibility index (Phi) is 4.95. The molecule has 0 fully saturated rings. The van der Waals surface area contributed by atoms with Crippen molar-refractivity contribution in [2.75, 3.05) is 5.32 Å². The van der Waals surface area contributed by atoms with E-state index < -0.39 is 0 Å². The normalized spacial score (nSPS) is 10.9. The molecule has 4 heteroatoms. The van der Waals surface area contributed by atoms with Crippen LogP contribution in [0.15, 0.2) is 36.9 Å². The summed E-state index contributed by atoms with van der Waals surface area (Å²) in [5.41, 5.74) is 2.18. The van der Waals surface area contributed by atoms with Crippen molar-refractivity contribution in [1.82, 2.24) is 14.8 Å². The minimum Gasteiger partial charge on any atom is -0.381 e. The molecule has 0 unspecified atom stereocenters. The second kappa shape index (κ2) is 6.92. The van der Waals surface area contributed by atoms with Crippen LogP contribution in [-0.2, 0) is 0 Å². The van der Waals surface area contributed by atoms with Gasteiger partial charge >= 0.3 is 0 Å². The monoisotopic (exact) mass is 258 g/mol. The molecule has 0 aliphatic rings. The van der Waals surface area contributed by atoms with Gasteiger partial charge in [-0.15, -0.1) is 0 Å². The van der Waals surface area contributed by atoms with Crippen LogP contribution in [0.1, 0.15) is 39.5 Å². The SMILES string of the molecule is CCCC(CCC)Nc1ccccc1-n1cncn1. The maximum absolute atomic E-state index is 4.21. The minimum absolute atomic E-state index is 0.527. The van der Waals surface area contributed by atoms with Gasteiger partial charge in [-0.1, -0.05) is 38.8 Å². The first kappa shape index (κ1) is 13.6. The Morgan fingerprint density at radius 3 is 2.53 bits per heavy atom. The van der Waals surface area contributed by atoms with Crippen LogP contribution in [0.25, 0.3) is 5.69 Å². The smallest absolute Gasteiger partial charge is 0.138 e. The maximum atomic E-state index is 4.21. The van der Waals surface area contributed by atoms with Gasteiger partial charge in [0.2, 0.25) is 0 Å². The summed E-state index contributed by atoms with van der Waals surface area (Å²) in [6, 6.07) is 8.77. The van der Waals surface area contributed by atoms with Gasteiger partial charge in [-0.05, 0) is 25.0 Å². The summed E-state index contributed by atoms with van der Waals surface area (Å²) in [5.74, 6) is 0. The predicted octanol–water partition coefficient (Wildman–Crippen LogP) is 3.65. The zero-order chi connectivity index (χ0) is 13.5. The lowest BCUT2D eigenvalue weighted by molar-refractivity contribution is 0.586. The van der Waals surface area contributed by atoms with E-state index >= 15 is 0 Å². The van der Waals surface area contributed by atoms with Gasteiger partial charge in [-0.25, -0.2) is 9.67 Å². The summed E-state index contributed by atoms with van der Waals surface area (Å²) >= 11 is 0. The van der Waals surface area contributed by atoms with E-state index in [0.717, 1.165) is 11.4 Å². The van der Waals surface area contributed by atoms with Crippen LogP contribution in [-0.4, -0.2) is 20.8 Å². The Labute approximate surface area is 114 Å². The first-order chi connectivity index (χ1) is 9.35. The van der Waals surface area contributed by atoms with Crippen LogP contribution in [0.5, 0.6) is 0 Å². The lowest BCUT2D eigenvalue weighted by Gasteiger charge is -2.20. The highest BCUT2D eigenvalue weighted by atomic mass is 15.3. The molecule has 2 aromatic rings. The van der Waals surface area contributed by atoms with Crippen molar-refractivity contribution in [1.29, 1.82) is 0 Å². The number of hydrogen-bond donors (Lipinski definition) is 1. The molecule has 1 heterocycles. The van der Waals surface area contributed by atoms with E-state index in [1.54, 1.807) is 17.3 Å². The summed E-state index contributed by atoms with van der Waals surface area (Å²) in [6.07, 6.45) is 8.08. The van der Waals surface area contributed by atoms with Gasteiger partial charge in [-0.3, -0.25) is 0 Å². The van der Waals surface area contributed by atoms with Gasteiger partial charge < -0.3 is 5.32 Å². The van der Waals surface area contributed by atoms with Crippen LogP contribution < -0.4 is 5.32 Å². The topological polar surface area (TPSA) is 42.7 Å². The van der Waals surface area contributed by atoms with E-state index in [-0.39, 0.29) is 0 Å². The first-order valence-corrected chi connectivity index (χ1v) is 7.05. The van der Waals surface area contributed by atoms with Crippen molar-refractivity contribution in [3.05, 3.63) is 36.9 Å². The lowest BCUT2D eigenvalue weighted by Crippen LogP contribution is -2.20. The van der Waals surface area contributed by atoms with Crippen LogP contribution in [0.3, 0.4) is 0 Å². The average molecular weight is 258 g/mol. The van der Waals surface area contributed by atoms with E-state index in [1.807, 2.05) is 6.07 Å². The second-order valence-corrected chi connectivity index (χ2v) is 4.78. The summed E-state index contributed by atoms with van der Waals surface area (Å²) in [5, 5.41) is 7.86. The number of nitrogens with zero attached hydrogens (tertiary/aromatic N) is 3. The predicted molar refractivity (Wildman–Crippen MR) is 78.6 cm³/mol. The molecule has 4 nitrogen and oxygen atoms in total. The van der Waals surface area contributed by atoms with E-state index in [9.17, 15) is 0 Å². The molecule has 0 atom stereocenters. The third-order valence-corrected chi connectivity index (χ3v) is 3.20. The van der Waals surface area contributed by atoms with Gasteiger partial charge in [0, 0.05) is 6.04 Å². The van der Waals surface area contributed by atoms with E-state index in [0.29, 0.717) is 6.04 Å². The molecular weight excluding hydrogens is 236 g/mol. The highest BCUT2D eigenvalue weighted by Gasteiger charge is 2.10. The second-order valence-electron chi connectivity index (χ2n) is 4.78. The molecular formula is C15H22N4. The molecule has 0 radical (unpaired) electrons. The standard InChI is InChI=1S/C15H22N4/c1-3-7-13(8-4-2)18-14-9-5-6-10-15(14)19-12-16-11-17-19/h5-6,9-13,18H,3-4,7-8H2,1-2H3. The van der Waals surface area contributed by atoms with Gasteiger partial charge in [0.15, 0.2) is 0 Å². The molecule has 0 saturated carbocycles. The number of nitrogens with one attached hydrogen (secondary N) is 1. The van der Waals surface area contributed by atoms with E-state index in [4.69, 9.17) is 0 Å². The molecule has 1 aromatic heterocycles. The third kappa shape index (κ3) is 3.56. The molecule has 0 aliphatic carbocycles. The summed E-state index contributed by atoms with van der Waals surface area (Å²) in [4.78, 5) is 4.02. The molecule has 0 amide bonds. The van der Waals surface area contributed by atoms with Crippen molar-refractivity contribution in [2.45, 2.75) is 45.6 Å². The highest BCUT2D eigenvalue weighted by molar-refractivity contribution is 5.60. The Morgan fingerprint density at radius 1 is 1.16 bits per heavy atom. The Bertz CT molecular complexity index is 473. The van der Waals surface area contributed by atoms with Crippen molar-refractivity contribution >= 4 is 5.69 Å². The Hall–Kier alpha value is -1.84. The number of anilines is 1. The average Bonchev–Trinajstić information content (AvgIpc) is 2.94. The number of hydrogen-bond acceptors (Lipinski definition) is 3. The van der Waals surface area contributed by atoms with Crippen LogP contribution in [0, 0.1) is 0 Å². The van der Waals surface area contributed by atoms with Gasteiger partial charge in [0.05, 0.1) is 11.4 Å². The zero-order valence-corrected chi connectivity index (χ0v) is 11.7. The van der Waals surface area contributed by atoms with Crippen LogP contribution >= 0.6 is 0 Å². The molecule has 1 N–H and O–H groups in total. The third-order valence-electron chi connectivity index (χ3n) is 3.20. The Balaban J connectivity index is 2.19. The molecule has 0 saturated heterocycles. The van der Waals surface area contributed by atoms with Gasteiger partial charge in [0.25, 0.3) is 0 Å². The number of benzene rings is 1. The largest absolute Gasteiger partial charge is 0.381 e.